The third-order valence-electron chi connectivity index (χ3n) is 5.14. The number of hydrogen-bond acceptors (Lipinski definition) is 2. The smallest absolute Gasteiger partial charge is 0.137 e. The lowest BCUT2D eigenvalue weighted by Gasteiger charge is -2.23. The molecule has 0 bridgehead atoms. The first-order valence-corrected chi connectivity index (χ1v) is 10.3. The van der Waals surface area contributed by atoms with Crippen LogP contribution in [0.4, 0.5) is 0 Å². The summed E-state index contributed by atoms with van der Waals surface area (Å²) in [6.07, 6.45) is 2.07. The molecule has 0 N–H and O–H groups in total. The van der Waals surface area contributed by atoms with E-state index in [1.807, 2.05) is 38.1 Å². The average Bonchev–Trinajstić information content (AvgIpc) is 3.14. The van der Waals surface area contributed by atoms with E-state index in [0.29, 0.717) is 0 Å². The Morgan fingerprint density at radius 3 is 2.24 bits per heavy atom. The molecule has 3 aromatic heterocycles. The predicted molar refractivity (Wildman–Crippen MR) is 123 cm³/mol. The molecule has 0 aliphatic carbocycles. The first-order chi connectivity index (χ1) is 14.0. The Morgan fingerprint density at radius 1 is 0.759 bits per heavy atom. The standard InChI is InChI=1S/C24H21N3.C2H6/c1-24(2,3)18-12-6-4-10-16(18)21-23-22(17-11-5-7-13-19(17)25-21)26-20-14-8-9-15-27(20)23;1-2/h4-15H,1-3H3;1-2H3. The van der Waals surface area contributed by atoms with Crippen molar-refractivity contribution in [3.05, 3.63) is 78.5 Å². The molecule has 3 heteroatoms. The van der Waals surface area contributed by atoms with Crippen LogP contribution in [0.3, 0.4) is 0 Å². The van der Waals surface area contributed by atoms with Crippen molar-refractivity contribution in [1.29, 1.82) is 0 Å². The molecule has 0 radical (unpaired) electrons. The summed E-state index contributed by atoms with van der Waals surface area (Å²) < 4.78 is 2.16. The Labute approximate surface area is 172 Å². The van der Waals surface area contributed by atoms with Crippen LogP contribution in [0.1, 0.15) is 40.2 Å². The molecule has 0 aliphatic heterocycles. The highest BCUT2D eigenvalue weighted by atomic mass is 15.0. The van der Waals surface area contributed by atoms with Gasteiger partial charge in [0.1, 0.15) is 11.2 Å². The van der Waals surface area contributed by atoms with E-state index in [0.717, 1.165) is 33.3 Å². The number of pyridine rings is 2. The van der Waals surface area contributed by atoms with Gasteiger partial charge in [-0.05, 0) is 29.2 Å². The maximum atomic E-state index is 5.11. The van der Waals surface area contributed by atoms with Crippen LogP contribution in [-0.4, -0.2) is 14.4 Å². The molecule has 0 amide bonds. The molecule has 0 saturated heterocycles. The Bertz CT molecular complexity index is 1310. The quantitative estimate of drug-likeness (QED) is 0.312. The van der Waals surface area contributed by atoms with E-state index in [4.69, 9.17) is 9.97 Å². The van der Waals surface area contributed by atoms with Crippen molar-refractivity contribution in [2.24, 2.45) is 0 Å². The van der Waals surface area contributed by atoms with Gasteiger partial charge in [-0.2, -0.15) is 0 Å². The van der Waals surface area contributed by atoms with Crippen LogP contribution in [0, 0.1) is 0 Å². The molecule has 0 unspecified atom stereocenters. The normalized spacial score (nSPS) is 11.6. The minimum atomic E-state index is 0.0245. The molecule has 5 aromatic rings. The molecule has 3 nitrogen and oxygen atoms in total. The molecule has 0 fully saturated rings. The summed E-state index contributed by atoms with van der Waals surface area (Å²) in [6.45, 7) is 10.7. The number of benzene rings is 2. The van der Waals surface area contributed by atoms with Gasteiger partial charge in [0.15, 0.2) is 0 Å². The first kappa shape index (κ1) is 19.1. The third-order valence-corrected chi connectivity index (χ3v) is 5.14. The van der Waals surface area contributed by atoms with Gasteiger partial charge in [0.05, 0.1) is 16.7 Å². The van der Waals surface area contributed by atoms with Crippen molar-refractivity contribution in [1.82, 2.24) is 14.4 Å². The summed E-state index contributed by atoms with van der Waals surface area (Å²) >= 11 is 0. The van der Waals surface area contributed by atoms with Gasteiger partial charge in [-0.25, -0.2) is 9.97 Å². The van der Waals surface area contributed by atoms with Crippen molar-refractivity contribution in [2.45, 2.75) is 40.0 Å². The maximum Gasteiger partial charge on any atom is 0.137 e. The van der Waals surface area contributed by atoms with E-state index in [1.54, 1.807) is 0 Å². The summed E-state index contributed by atoms with van der Waals surface area (Å²) in [4.78, 5) is 10.1. The van der Waals surface area contributed by atoms with Crippen molar-refractivity contribution in [3.63, 3.8) is 0 Å². The van der Waals surface area contributed by atoms with Crippen molar-refractivity contribution < 1.29 is 0 Å². The lowest BCUT2D eigenvalue weighted by molar-refractivity contribution is 0.592. The molecule has 0 spiro atoms. The van der Waals surface area contributed by atoms with Gasteiger partial charge >= 0.3 is 0 Å². The highest BCUT2D eigenvalue weighted by molar-refractivity contribution is 6.09. The molecular weight excluding hydrogens is 354 g/mol. The second kappa shape index (κ2) is 7.32. The fraction of sp³-hybridized carbons (Fsp3) is 0.231. The molecule has 0 atom stereocenters. The SMILES string of the molecule is CC.CC(C)(C)c1ccccc1-c1nc2ccccc2c2nc3ccccn3c12. The van der Waals surface area contributed by atoms with Crippen molar-refractivity contribution in [3.8, 4) is 11.3 Å². The second-order valence-corrected chi connectivity index (χ2v) is 8.01. The number of rotatable bonds is 1. The number of para-hydroxylation sites is 1. The first-order valence-electron chi connectivity index (χ1n) is 10.3. The summed E-state index contributed by atoms with van der Waals surface area (Å²) in [5, 5.41) is 1.09. The lowest BCUT2D eigenvalue weighted by Crippen LogP contribution is -2.13. The lowest BCUT2D eigenvalue weighted by atomic mass is 9.82. The van der Waals surface area contributed by atoms with Gasteiger partial charge in [0.2, 0.25) is 0 Å². The Balaban J connectivity index is 0.000000994. The van der Waals surface area contributed by atoms with Crippen LogP contribution in [0.5, 0.6) is 0 Å². The van der Waals surface area contributed by atoms with E-state index in [1.165, 1.54) is 11.1 Å². The highest BCUT2D eigenvalue weighted by Crippen LogP contribution is 2.37. The average molecular weight is 382 g/mol. The van der Waals surface area contributed by atoms with Gasteiger partial charge in [-0.1, -0.05) is 83.1 Å². The predicted octanol–water partition coefficient (Wildman–Crippen LogP) is 7.03. The van der Waals surface area contributed by atoms with Crippen molar-refractivity contribution >= 4 is 27.6 Å². The van der Waals surface area contributed by atoms with Crippen LogP contribution in [0.2, 0.25) is 0 Å². The van der Waals surface area contributed by atoms with Crippen molar-refractivity contribution in [2.75, 3.05) is 0 Å². The molecule has 0 saturated carbocycles. The van der Waals surface area contributed by atoms with Gasteiger partial charge in [-0.3, -0.25) is 4.40 Å². The van der Waals surface area contributed by atoms with E-state index >= 15 is 0 Å². The van der Waals surface area contributed by atoms with Gasteiger partial charge < -0.3 is 0 Å². The largest absolute Gasteiger partial charge is 0.298 e. The summed E-state index contributed by atoms with van der Waals surface area (Å²) in [5.41, 5.74) is 7.48. The van der Waals surface area contributed by atoms with E-state index in [-0.39, 0.29) is 5.41 Å². The molecule has 5 rings (SSSR count). The van der Waals surface area contributed by atoms with Crippen LogP contribution in [0.25, 0.3) is 38.8 Å². The number of hydrogen-bond donors (Lipinski definition) is 0. The van der Waals surface area contributed by atoms with Crippen LogP contribution in [0.15, 0.2) is 72.9 Å². The Kier molecular flexibility index (Phi) is 4.83. The second-order valence-electron chi connectivity index (χ2n) is 8.01. The summed E-state index contributed by atoms with van der Waals surface area (Å²) in [7, 11) is 0. The fourth-order valence-corrected chi connectivity index (χ4v) is 3.89. The van der Waals surface area contributed by atoms with Gasteiger partial charge in [-0.15, -0.1) is 0 Å². The van der Waals surface area contributed by atoms with Crippen LogP contribution in [-0.2, 0) is 5.41 Å². The van der Waals surface area contributed by atoms with Crippen LogP contribution < -0.4 is 0 Å². The molecular formula is C26H27N3. The van der Waals surface area contributed by atoms with Crippen LogP contribution >= 0.6 is 0 Å². The zero-order valence-electron chi connectivity index (χ0n) is 17.8. The monoisotopic (exact) mass is 381 g/mol. The molecule has 146 valence electrons. The summed E-state index contributed by atoms with van der Waals surface area (Å²) in [5.74, 6) is 0. The van der Waals surface area contributed by atoms with E-state index < -0.39 is 0 Å². The molecule has 29 heavy (non-hydrogen) atoms. The van der Waals surface area contributed by atoms with Gasteiger partial charge in [0, 0.05) is 17.1 Å². The number of aromatic nitrogens is 3. The number of fused-ring (bicyclic) bond motifs is 5. The zero-order valence-corrected chi connectivity index (χ0v) is 17.8. The maximum absolute atomic E-state index is 5.11. The minimum Gasteiger partial charge on any atom is -0.298 e. The molecule has 3 heterocycles. The fourth-order valence-electron chi connectivity index (χ4n) is 3.89. The highest BCUT2D eigenvalue weighted by Gasteiger charge is 2.22. The molecule has 0 aliphatic rings. The number of nitrogens with zero attached hydrogens (tertiary/aromatic N) is 3. The Hall–Kier alpha value is -3.20. The molecule has 2 aromatic carbocycles. The van der Waals surface area contributed by atoms with Gasteiger partial charge in [0.25, 0.3) is 0 Å². The third kappa shape index (κ3) is 3.17. The zero-order chi connectivity index (χ0) is 20.6. The summed E-state index contributed by atoms with van der Waals surface area (Å²) in [6, 6.07) is 23.0. The topological polar surface area (TPSA) is 30.2 Å². The number of imidazole rings is 1. The van der Waals surface area contributed by atoms with E-state index in [9.17, 15) is 0 Å². The Morgan fingerprint density at radius 2 is 1.45 bits per heavy atom. The van der Waals surface area contributed by atoms with E-state index in [2.05, 4.69) is 73.8 Å². The minimum absolute atomic E-state index is 0.0245.